The van der Waals surface area contributed by atoms with Crippen molar-refractivity contribution in [2.24, 2.45) is 0 Å². The predicted molar refractivity (Wildman–Crippen MR) is 122 cm³/mol. The first-order valence-corrected chi connectivity index (χ1v) is 10.3. The van der Waals surface area contributed by atoms with E-state index in [4.69, 9.17) is 9.47 Å². The Kier molecular flexibility index (Phi) is 6.44. The Labute approximate surface area is 182 Å². The standard InChI is InChI=1S/C28H24O3/c1-21-9-8-14-26(19-21)30-20-22-15-17-25(18-16-22)28(29)31-27(23-10-4-2-5-11-23)24-12-6-3-7-13-24/h2-19,27H,20H2,1H3. The third-order valence-electron chi connectivity index (χ3n) is 5.01. The van der Waals surface area contributed by atoms with Crippen molar-refractivity contribution in [2.45, 2.75) is 19.6 Å². The summed E-state index contributed by atoms with van der Waals surface area (Å²) in [6.07, 6.45) is -0.459. The number of hydrogen-bond donors (Lipinski definition) is 0. The highest BCUT2D eigenvalue weighted by atomic mass is 16.5. The van der Waals surface area contributed by atoms with Gasteiger partial charge >= 0.3 is 5.97 Å². The first kappa shape index (κ1) is 20.4. The molecule has 0 amide bonds. The van der Waals surface area contributed by atoms with Gasteiger partial charge in [-0.1, -0.05) is 84.9 Å². The van der Waals surface area contributed by atoms with Crippen molar-refractivity contribution in [3.05, 3.63) is 137 Å². The van der Waals surface area contributed by atoms with Gasteiger partial charge in [0, 0.05) is 0 Å². The fourth-order valence-electron chi connectivity index (χ4n) is 3.37. The number of hydrogen-bond acceptors (Lipinski definition) is 3. The van der Waals surface area contributed by atoms with Crippen molar-refractivity contribution in [3.8, 4) is 5.75 Å². The summed E-state index contributed by atoms with van der Waals surface area (Å²) in [5, 5.41) is 0. The van der Waals surface area contributed by atoms with Crippen LogP contribution in [0.4, 0.5) is 0 Å². The molecule has 0 spiro atoms. The maximum Gasteiger partial charge on any atom is 0.339 e. The van der Waals surface area contributed by atoms with Gasteiger partial charge in [0.05, 0.1) is 5.56 Å². The van der Waals surface area contributed by atoms with E-state index >= 15 is 0 Å². The molecule has 0 N–H and O–H groups in total. The van der Waals surface area contributed by atoms with Gasteiger partial charge in [-0.15, -0.1) is 0 Å². The maximum absolute atomic E-state index is 12.9. The molecule has 0 atom stereocenters. The van der Waals surface area contributed by atoms with Crippen LogP contribution in [-0.4, -0.2) is 5.97 Å². The van der Waals surface area contributed by atoms with Crippen molar-refractivity contribution in [1.82, 2.24) is 0 Å². The highest BCUT2D eigenvalue weighted by Crippen LogP contribution is 2.27. The summed E-state index contributed by atoms with van der Waals surface area (Å²) in [5.41, 5.74) is 4.52. The lowest BCUT2D eigenvalue weighted by molar-refractivity contribution is 0.0378. The van der Waals surface area contributed by atoms with Gasteiger partial charge in [-0.3, -0.25) is 0 Å². The second-order valence-electron chi connectivity index (χ2n) is 7.41. The Bertz CT molecular complexity index is 1080. The molecule has 0 heterocycles. The van der Waals surface area contributed by atoms with Crippen LogP contribution in [0.5, 0.6) is 5.75 Å². The number of rotatable bonds is 7. The maximum atomic E-state index is 12.9. The van der Waals surface area contributed by atoms with E-state index in [0.717, 1.165) is 28.0 Å². The van der Waals surface area contributed by atoms with Crippen LogP contribution in [0.2, 0.25) is 0 Å². The molecular formula is C28H24O3. The van der Waals surface area contributed by atoms with E-state index in [2.05, 4.69) is 0 Å². The number of carbonyl (C=O) groups is 1. The highest BCUT2D eigenvalue weighted by molar-refractivity contribution is 5.89. The molecule has 0 unspecified atom stereocenters. The number of ether oxygens (including phenoxy) is 2. The Morgan fingerprint density at radius 3 is 1.94 bits per heavy atom. The number of esters is 1. The van der Waals surface area contributed by atoms with Gasteiger partial charge in [-0.05, 0) is 53.4 Å². The van der Waals surface area contributed by atoms with Crippen LogP contribution < -0.4 is 4.74 Å². The lowest BCUT2D eigenvalue weighted by Gasteiger charge is -2.19. The SMILES string of the molecule is Cc1cccc(OCc2ccc(C(=O)OC(c3ccccc3)c3ccccc3)cc2)c1. The molecule has 3 heteroatoms. The minimum Gasteiger partial charge on any atom is -0.489 e. The zero-order valence-electron chi connectivity index (χ0n) is 17.4. The number of aryl methyl sites for hydroxylation is 1. The van der Waals surface area contributed by atoms with Crippen LogP contribution in [0.25, 0.3) is 0 Å². The van der Waals surface area contributed by atoms with E-state index in [1.165, 1.54) is 0 Å². The zero-order valence-corrected chi connectivity index (χ0v) is 17.4. The summed E-state index contributed by atoms with van der Waals surface area (Å²) in [4.78, 5) is 12.9. The number of benzene rings is 4. The normalized spacial score (nSPS) is 10.6. The molecule has 0 aliphatic heterocycles. The Morgan fingerprint density at radius 2 is 1.35 bits per heavy atom. The molecule has 3 nitrogen and oxygen atoms in total. The first-order chi connectivity index (χ1) is 15.2. The third kappa shape index (κ3) is 5.40. The molecule has 0 saturated heterocycles. The average molecular weight is 408 g/mol. The van der Waals surface area contributed by atoms with E-state index in [0.29, 0.717) is 12.2 Å². The Hall–Kier alpha value is -3.85. The van der Waals surface area contributed by atoms with Gasteiger partial charge in [-0.2, -0.15) is 0 Å². The zero-order chi connectivity index (χ0) is 21.5. The first-order valence-electron chi connectivity index (χ1n) is 10.3. The monoisotopic (exact) mass is 408 g/mol. The molecule has 0 fully saturated rings. The van der Waals surface area contributed by atoms with Crippen molar-refractivity contribution < 1.29 is 14.3 Å². The molecule has 31 heavy (non-hydrogen) atoms. The van der Waals surface area contributed by atoms with Crippen molar-refractivity contribution >= 4 is 5.97 Å². The fourth-order valence-corrected chi connectivity index (χ4v) is 3.37. The van der Waals surface area contributed by atoms with E-state index in [9.17, 15) is 4.79 Å². The summed E-state index contributed by atoms with van der Waals surface area (Å²) in [7, 11) is 0. The molecular weight excluding hydrogens is 384 g/mol. The topological polar surface area (TPSA) is 35.5 Å². The van der Waals surface area contributed by atoms with E-state index in [1.54, 1.807) is 12.1 Å². The smallest absolute Gasteiger partial charge is 0.339 e. The van der Waals surface area contributed by atoms with E-state index < -0.39 is 6.10 Å². The molecule has 0 radical (unpaired) electrons. The summed E-state index contributed by atoms with van der Waals surface area (Å²) in [6.45, 7) is 2.47. The van der Waals surface area contributed by atoms with Crippen LogP contribution in [0.1, 0.15) is 38.7 Å². The molecule has 0 bridgehead atoms. The van der Waals surface area contributed by atoms with Crippen LogP contribution in [0.3, 0.4) is 0 Å². The Balaban J connectivity index is 1.45. The van der Waals surface area contributed by atoms with E-state index in [1.807, 2.05) is 104 Å². The van der Waals surface area contributed by atoms with Crippen molar-refractivity contribution in [3.63, 3.8) is 0 Å². The van der Waals surface area contributed by atoms with Gasteiger partial charge in [0.25, 0.3) is 0 Å². The molecule has 0 aromatic heterocycles. The molecule has 0 saturated carbocycles. The number of carbonyl (C=O) groups excluding carboxylic acids is 1. The second-order valence-corrected chi connectivity index (χ2v) is 7.41. The minimum absolute atomic E-state index is 0.358. The molecule has 4 rings (SSSR count). The average Bonchev–Trinajstić information content (AvgIpc) is 2.82. The van der Waals surface area contributed by atoms with Gasteiger partial charge in [0.2, 0.25) is 0 Å². The van der Waals surface area contributed by atoms with Gasteiger partial charge in [0.15, 0.2) is 6.10 Å². The predicted octanol–water partition coefficient (Wildman–Crippen LogP) is 6.52. The highest BCUT2D eigenvalue weighted by Gasteiger charge is 2.19. The van der Waals surface area contributed by atoms with Crippen LogP contribution >= 0.6 is 0 Å². The summed E-state index contributed by atoms with van der Waals surface area (Å²) >= 11 is 0. The summed E-state index contributed by atoms with van der Waals surface area (Å²) in [6, 6.07) is 34.9. The van der Waals surface area contributed by atoms with Gasteiger partial charge in [-0.25, -0.2) is 4.79 Å². The molecule has 0 aliphatic rings. The summed E-state index contributed by atoms with van der Waals surface area (Å²) in [5.74, 6) is 0.473. The third-order valence-corrected chi connectivity index (χ3v) is 5.01. The molecule has 4 aromatic rings. The van der Waals surface area contributed by atoms with Crippen molar-refractivity contribution in [2.75, 3.05) is 0 Å². The van der Waals surface area contributed by atoms with Crippen molar-refractivity contribution in [1.29, 1.82) is 0 Å². The lowest BCUT2D eigenvalue weighted by atomic mass is 10.0. The fraction of sp³-hybridized carbons (Fsp3) is 0.107. The molecule has 4 aromatic carbocycles. The lowest BCUT2D eigenvalue weighted by Crippen LogP contribution is -2.13. The second kappa shape index (κ2) is 9.77. The van der Waals surface area contributed by atoms with E-state index in [-0.39, 0.29) is 5.97 Å². The Morgan fingerprint density at radius 1 is 0.742 bits per heavy atom. The largest absolute Gasteiger partial charge is 0.489 e. The molecule has 154 valence electrons. The van der Waals surface area contributed by atoms with Crippen LogP contribution in [0, 0.1) is 6.92 Å². The quantitative estimate of drug-likeness (QED) is 0.327. The minimum atomic E-state index is -0.459. The summed E-state index contributed by atoms with van der Waals surface area (Å²) < 4.78 is 11.8. The van der Waals surface area contributed by atoms with Crippen LogP contribution in [-0.2, 0) is 11.3 Å². The van der Waals surface area contributed by atoms with Gasteiger partial charge < -0.3 is 9.47 Å². The van der Waals surface area contributed by atoms with Crippen LogP contribution in [0.15, 0.2) is 109 Å². The molecule has 0 aliphatic carbocycles. The van der Waals surface area contributed by atoms with Gasteiger partial charge in [0.1, 0.15) is 12.4 Å².